The monoisotopic (exact) mass is 392 g/mol. The second-order valence-corrected chi connectivity index (χ2v) is 7.51. The molecule has 148 valence electrons. The van der Waals surface area contributed by atoms with Gasteiger partial charge in [0.05, 0.1) is 41.0 Å². The van der Waals surface area contributed by atoms with E-state index in [9.17, 15) is 4.79 Å². The van der Waals surface area contributed by atoms with E-state index in [-0.39, 0.29) is 11.9 Å². The van der Waals surface area contributed by atoms with Gasteiger partial charge in [0.25, 0.3) is 11.6 Å². The first-order chi connectivity index (χ1) is 13.9. The second-order valence-electron chi connectivity index (χ2n) is 7.51. The fraction of sp³-hybridized carbons (Fsp3) is 0.368. The number of nitrogens with zero attached hydrogens (tertiary/aromatic N) is 8. The van der Waals surface area contributed by atoms with Crippen LogP contribution in [0.15, 0.2) is 23.0 Å². The highest BCUT2D eigenvalue weighted by Crippen LogP contribution is 2.29. The van der Waals surface area contributed by atoms with Gasteiger partial charge >= 0.3 is 0 Å². The number of carbonyl (C=O) groups is 1. The fourth-order valence-corrected chi connectivity index (χ4v) is 3.98. The topological polar surface area (TPSA) is 108 Å². The molecule has 0 aliphatic carbocycles. The molecule has 5 heterocycles. The standard InChI is InChI=1S/C19H20N8O2/c1-10-5-14(16-12(3)24-29-18(16)21-10)19(28)26-7-11(2)27-15(9-26)22-23-17(27)13-6-20-25(4)8-13/h5-6,8,11H,7,9H2,1-4H3/t11-/m0/s1. The van der Waals surface area contributed by atoms with Crippen LogP contribution in [0.25, 0.3) is 22.5 Å². The molecule has 0 saturated carbocycles. The molecule has 10 heteroatoms. The molecule has 1 aliphatic rings. The lowest BCUT2D eigenvalue weighted by atomic mass is 10.1. The Labute approximate surface area is 166 Å². The van der Waals surface area contributed by atoms with Crippen LogP contribution in [0.5, 0.6) is 0 Å². The molecule has 0 bridgehead atoms. The smallest absolute Gasteiger partial charge is 0.258 e. The van der Waals surface area contributed by atoms with Gasteiger partial charge in [0.2, 0.25) is 0 Å². The van der Waals surface area contributed by atoms with E-state index in [0.717, 1.165) is 17.2 Å². The van der Waals surface area contributed by atoms with Crippen molar-refractivity contribution in [2.45, 2.75) is 33.4 Å². The van der Waals surface area contributed by atoms with Gasteiger partial charge in [0.15, 0.2) is 11.6 Å². The first-order valence-corrected chi connectivity index (χ1v) is 9.38. The summed E-state index contributed by atoms with van der Waals surface area (Å²) in [5.41, 5.74) is 3.22. The second kappa shape index (κ2) is 6.23. The predicted octanol–water partition coefficient (Wildman–Crippen LogP) is 2.05. The SMILES string of the molecule is Cc1cc(C(=O)N2Cc3nnc(-c4cnn(C)c4)n3[C@@H](C)C2)c2c(C)noc2n1. The number of hydrogen-bond donors (Lipinski definition) is 0. The first kappa shape index (κ1) is 17.5. The summed E-state index contributed by atoms with van der Waals surface area (Å²) in [7, 11) is 1.87. The van der Waals surface area contributed by atoms with Crippen LogP contribution in [-0.2, 0) is 13.6 Å². The van der Waals surface area contributed by atoms with Gasteiger partial charge < -0.3 is 14.0 Å². The van der Waals surface area contributed by atoms with Crippen LogP contribution in [-0.4, -0.2) is 52.0 Å². The average molecular weight is 392 g/mol. The summed E-state index contributed by atoms with van der Waals surface area (Å²) in [5, 5.41) is 17.6. The normalized spacial score (nSPS) is 16.4. The fourth-order valence-electron chi connectivity index (χ4n) is 3.98. The van der Waals surface area contributed by atoms with E-state index in [0.29, 0.717) is 41.1 Å². The van der Waals surface area contributed by atoms with Gasteiger partial charge in [-0.15, -0.1) is 10.2 Å². The zero-order valence-electron chi connectivity index (χ0n) is 16.6. The Kier molecular flexibility index (Phi) is 3.76. The van der Waals surface area contributed by atoms with Crippen LogP contribution in [0.1, 0.15) is 40.5 Å². The molecular weight excluding hydrogens is 372 g/mol. The molecule has 1 amide bonds. The third kappa shape index (κ3) is 2.71. The maximum atomic E-state index is 13.4. The Bertz CT molecular complexity index is 1250. The van der Waals surface area contributed by atoms with Gasteiger partial charge in [0.1, 0.15) is 0 Å². The number of pyridine rings is 1. The van der Waals surface area contributed by atoms with Crippen LogP contribution < -0.4 is 0 Å². The van der Waals surface area contributed by atoms with Crippen molar-refractivity contribution in [1.29, 1.82) is 0 Å². The predicted molar refractivity (Wildman–Crippen MR) is 103 cm³/mol. The van der Waals surface area contributed by atoms with Crippen molar-refractivity contribution >= 4 is 17.0 Å². The minimum atomic E-state index is -0.0872. The van der Waals surface area contributed by atoms with Gasteiger partial charge in [-0.3, -0.25) is 9.48 Å². The number of amides is 1. The maximum absolute atomic E-state index is 13.4. The molecule has 0 spiro atoms. The number of hydrogen-bond acceptors (Lipinski definition) is 7. The molecule has 0 N–H and O–H groups in total. The van der Waals surface area contributed by atoms with Crippen LogP contribution >= 0.6 is 0 Å². The molecule has 5 rings (SSSR count). The molecule has 29 heavy (non-hydrogen) atoms. The van der Waals surface area contributed by atoms with Crippen molar-refractivity contribution in [3.05, 3.63) is 41.2 Å². The lowest BCUT2D eigenvalue weighted by Crippen LogP contribution is -2.40. The lowest BCUT2D eigenvalue weighted by Gasteiger charge is -2.32. The molecule has 10 nitrogen and oxygen atoms in total. The van der Waals surface area contributed by atoms with Crippen molar-refractivity contribution in [3.8, 4) is 11.4 Å². The highest BCUT2D eigenvalue weighted by Gasteiger charge is 2.32. The Hall–Kier alpha value is -3.56. The number of rotatable bonds is 2. The van der Waals surface area contributed by atoms with Crippen molar-refractivity contribution in [2.24, 2.45) is 7.05 Å². The molecule has 0 radical (unpaired) electrons. The summed E-state index contributed by atoms with van der Waals surface area (Å²) in [5.74, 6) is 1.43. The van der Waals surface area contributed by atoms with Crippen molar-refractivity contribution < 1.29 is 9.32 Å². The minimum absolute atomic E-state index is 0.0231. The van der Waals surface area contributed by atoms with Gasteiger partial charge in [-0.2, -0.15) is 5.10 Å². The third-order valence-electron chi connectivity index (χ3n) is 5.25. The molecule has 0 fully saturated rings. The summed E-state index contributed by atoms with van der Waals surface area (Å²) < 4.78 is 9.09. The molecule has 4 aromatic rings. The van der Waals surface area contributed by atoms with E-state index >= 15 is 0 Å². The Morgan fingerprint density at radius 1 is 1.28 bits per heavy atom. The van der Waals surface area contributed by atoms with E-state index in [1.807, 2.05) is 27.1 Å². The van der Waals surface area contributed by atoms with E-state index in [4.69, 9.17) is 4.52 Å². The summed E-state index contributed by atoms with van der Waals surface area (Å²) in [6.45, 7) is 6.64. The molecule has 0 unspecified atom stereocenters. The molecule has 1 aliphatic heterocycles. The molecule has 0 aromatic carbocycles. The van der Waals surface area contributed by atoms with Crippen LogP contribution in [0.2, 0.25) is 0 Å². The van der Waals surface area contributed by atoms with Gasteiger partial charge in [-0.25, -0.2) is 4.98 Å². The number of aryl methyl sites for hydroxylation is 3. The molecule has 0 saturated heterocycles. The lowest BCUT2D eigenvalue weighted by molar-refractivity contribution is 0.0684. The van der Waals surface area contributed by atoms with Crippen molar-refractivity contribution in [2.75, 3.05) is 6.54 Å². The summed E-state index contributed by atoms with van der Waals surface area (Å²) in [6, 6.07) is 1.81. The van der Waals surface area contributed by atoms with E-state index in [1.54, 1.807) is 21.8 Å². The zero-order chi connectivity index (χ0) is 20.3. The molecular formula is C19H20N8O2. The Morgan fingerprint density at radius 2 is 2.10 bits per heavy atom. The van der Waals surface area contributed by atoms with E-state index in [1.165, 1.54) is 0 Å². The number of fused-ring (bicyclic) bond motifs is 2. The first-order valence-electron chi connectivity index (χ1n) is 9.38. The highest BCUT2D eigenvalue weighted by atomic mass is 16.5. The van der Waals surface area contributed by atoms with Crippen LogP contribution in [0.4, 0.5) is 0 Å². The van der Waals surface area contributed by atoms with Crippen molar-refractivity contribution in [3.63, 3.8) is 0 Å². The quantitative estimate of drug-likeness (QED) is 0.514. The van der Waals surface area contributed by atoms with Gasteiger partial charge in [0, 0.05) is 25.5 Å². The third-order valence-corrected chi connectivity index (χ3v) is 5.25. The maximum Gasteiger partial charge on any atom is 0.258 e. The summed E-state index contributed by atoms with van der Waals surface area (Å²) in [6.07, 6.45) is 3.68. The number of carbonyl (C=O) groups excluding carboxylic acids is 1. The zero-order valence-corrected chi connectivity index (χ0v) is 16.6. The van der Waals surface area contributed by atoms with Gasteiger partial charge in [-0.05, 0) is 26.8 Å². The molecule has 1 atom stereocenters. The van der Waals surface area contributed by atoms with Crippen molar-refractivity contribution in [1.82, 2.24) is 39.6 Å². The minimum Gasteiger partial charge on any atom is -0.336 e. The largest absolute Gasteiger partial charge is 0.336 e. The van der Waals surface area contributed by atoms with Crippen LogP contribution in [0.3, 0.4) is 0 Å². The summed E-state index contributed by atoms with van der Waals surface area (Å²) >= 11 is 0. The highest BCUT2D eigenvalue weighted by molar-refractivity contribution is 6.06. The Morgan fingerprint density at radius 3 is 2.86 bits per heavy atom. The van der Waals surface area contributed by atoms with E-state index in [2.05, 4.69) is 36.9 Å². The van der Waals surface area contributed by atoms with E-state index < -0.39 is 0 Å². The summed E-state index contributed by atoms with van der Waals surface area (Å²) in [4.78, 5) is 19.5. The molecule has 4 aromatic heterocycles. The van der Waals surface area contributed by atoms with Crippen LogP contribution in [0, 0.1) is 13.8 Å². The van der Waals surface area contributed by atoms with Gasteiger partial charge in [-0.1, -0.05) is 5.16 Å². The number of aromatic nitrogens is 7. The average Bonchev–Trinajstić information content (AvgIpc) is 3.39. The Balaban J connectivity index is 1.52.